The molecule has 0 N–H and O–H groups in total. The minimum atomic E-state index is -4.52. The normalized spacial score (nSPS) is 11.4. The number of rotatable bonds is 3. The summed E-state index contributed by atoms with van der Waals surface area (Å²) < 4.78 is 43.0. The van der Waals surface area contributed by atoms with E-state index in [0.29, 0.717) is 5.02 Å². The quantitative estimate of drug-likeness (QED) is 0.858. The van der Waals surface area contributed by atoms with Gasteiger partial charge in [0.2, 0.25) is 0 Å². The number of aryl methyl sites for hydroxylation is 1. The molecule has 0 atom stereocenters. The van der Waals surface area contributed by atoms with Gasteiger partial charge in [-0.1, -0.05) is 23.7 Å². The van der Waals surface area contributed by atoms with Crippen LogP contribution in [0.25, 0.3) is 0 Å². The van der Waals surface area contributed by atoms with Crippen molar-refractivity contribution in [2.24, 2.45) is 0 Å². The van der Waals surface area contributed by atoms with Crippen molar-refractivity contribution in [3.05, 3.63) is 52.3 Å². The summed E-state index contributed by atoms with van der Waals surface area (Å²) in [4.78, 5) is 7.17. The molecular formula is C13H10ClF3N2O. The van der Waals surface area contributed by atoms with Crippen molar-refractivity contribution in [1.29, 1.82) is 0 Å². The zero-order valence-corrected chi connectivity index (χ0v) is 11.2. The van der Waals surface area contributed by atoms with E-state index in [1.807, 2.05) is 0 Å². The Balaban J connectivity index is 2.13. The molecule has 0 spiro atoms. The van der Waals surface area contributed by atoms with Crippen molar-refractivity contribution in [2.45, 2.75) is 19.7 Å². The zero-order valence-electron chi connectivity index (χ0n) is 10.4. The van der Waals surface area contributed by atoms with Gasteiger partial charge in [-0.05, 0) is 30.7 Å². The Morgan fingerprint density at radius 2 is 1.80 bits per heavy atom. The van der Waals surface area contributed by atoms with Gasteiger partial charge < -0.3 is 4.74 Å². The minimum Gasteiger partial charge on any atom is -0.459 e. The third-order valence-electron chi connectivity index (χ3n) is 2.41. The molecule has 7 heteroatoms. The second kappa shape index (κ2) is 5.66. The van der Waals surface area contributed by atoms with Gasteiger partial charge in [0, 0.05) is 10.7 Å². The molecule has 0 fully saturated rings. The molecule has 0 saturated heterocycles. The highest BCUT2D eigenvalue weighted by Gasteiger charge is 2.33. The summed E-state index contributed by atoms with van der Waals surface area (Å²) in [6.07, 6.45) is -4.52. The molecule has 0 amide bonds. The van der Waals surface area contributed by atoms with Crippen molar-refractivity contribution >= 4 is 11.6 Å². The second-order valence-corrected chi connectivity index (χ2v) is 4.53. The van der Waals surface area contributed by atoms with E-state index in [4.69, 9.17) is 16.3 Å². The number of ether oxygens (including phenoxy) is 1. The third kappa shape index (κ3) is 3.84. The summed E-state index contributed by atoms with van der Waals surface area (Å²) in [5.41, 5.74) is -0.0670. The molecule has 0 radical (unpaired) electrons. The summed E-state index contributed by atoms with van der Waals surface area (Å²) in [5.74, 6) is 0. The Labute approximate surface area is 118 Å². The monoisotopic (exact) mass is 302 g/mol. The second-order valence-electron chi connectivity index (χ2n) is 4.09. The van der Waals surface area contributed by atoms with Crippen LogP contribution in [-0.2, 0) is 12.8 Å². The predicted octanol–water partition coefficient (Wildman–Crippen LogP) is 4.04. The van der Waals surface area contributed by atoms with Gasteiger partial charge in [0.15, 0.2) is 5.69 Å². The summed E-state index contributed by atoms with van der Waals surface area (Å²) in [6.45, 7) is 1.52. The highest BCUT2D eigenvalue weighted by atomic mass is 35.5. The van der Waals surface area contributed by atoms with Crippen molar-refractivity contribution in [3.8, 4) is 6.01 Å². The number of hydrogen-bond acceptors (Lipinski definition) is 3. The number of nitrogens with zero attached hydrogens (tertiary/aromatic N) is 2. The van der Waals surface area contributed by atoms with Gasteiger partial charge in [0.05, 0.1) is 0 Å². The minimum absolute atomic E-state index is 0.0674. The first-order valence-electron chi connectivity index (χ1n) is 5.65. The lowest BCUT2D eigenvalue weighted by Gasteiger charge is -2.09. The molecule has 1 heterocycles. The smallest absolute Gasteiger partial charge is 0.433 e. The van der Waals surface area contributed by atoms with Crippen LogP contribution >= 0.6 is 11.6 Å². The Morgan fingerprint density at radius 3 is 2.40 bits per heavy atom. The van der Waals surface area contributed by atoms with Crippen LogP contribution in [0.15, 0.2) is 30.3 Å². The van der Waals surface area contributed by atoms with Crippen LogP contribution in [0.1, 0.15) is 17.0 Å². The molecule has 2 aromatic rings. The highest BCUT2D eigenvalue weighted by molar-refractivity contribution is 6.30. The average Bonchev–Trinajstić information content (AvgIpc) is 2.36. The number of alkyl halides is 3. The molecule has 3 nitrogen and oxygen atoms in total. The number of aromatic nitrogens is 2. The summed E-state index contributed by atoms with van der Waals surface area (Å²) in [7, 11) is 0. The highest BCUT2D eigenvalue weighted by Crippen LogP contribution is 2.28. The fraction of sp³-hybridized carbons (Fsp3) is 0.231. The predicted molar refractivity (Wildman–Crippen MR) is 67.6 cm³/mol. The van der Waals surface area contributed by atoms with Crippen LogP contribution in [0.2, 0.25) is 5.02 Å². The molecule has 1 aromatic heterocycles. The lowest BCUT2D eigenvalue weighted by Crippen LogP contribution is -2.11. The molecule has 0 bridgehead atoms. The maximum atomic E-state index is 12.6. The van der Waals surface area contributed by atoms with Crippen molar-refractivity contribution in [2.75, 3.05) is 0 Å². The van der Waals surface area contributed by atoms with Gasteiger partial charge >= 0.3 is 12.2 Å². The van der Waals surface area contributed by atoms with E-state index in [1.54, 1.807) is 24.3 Å². The largest absolute Gasteiger partial charge is 0.459 e. The van der Waals surface area contributed by atoms with E-state index < -0.39 is 11.9 Å². The van der Waals surface area contributed by atoms with Crippen LogP contribution in [0.4, 0.5) is 13.2 Å². The van der Waals surface area contributed by atoms with Gasteiger partial charge in [-0.15, -0.1) is 0 Å². The summed E-state index contributed by atoms with van der Waals surface area (Å²) in [6, 6.07) is 7.32. The van der Waals surface area contributed by atoms with Crippen LogP contribution in [0, 0.1) is 6.92 Å². The number of benzene rings is 1. The van der Waals surface area contributed by atoms with Gasteiger partial charge in [-0.3, -0.25) is 0 Å². The maximum absolute atomic E-state index is 12.6. The molecule has 0 aliphatic heterocycles. The Hall–Kier alpha value is -1.82. The Morgan fingerprint density at radius 1 is 1.15 bits per heavy atom. The molecule has 20 heavy (non-hydrogen) atoms. The average molecular weight is 303 g/mol. The van der Waals surface area contributed by atoms with Crippen molar-refractivity contribution < 1.29 is 17.9 Å². The zero-order chi connectivity index (χ0) is 14.8. The summed E-state index contributed by atoms with van der Waals surface area (Å²) in [5, 5.41) is 0.569. The fourth-order valence-corrected chi connectivity index (χ4v) is 1.61. The first-order chi connectivity index (χ1) is 9.34. The van der Waals surface area contributed by atoms with E-state index in [2.05, 4.69) is 9.97 Å². The molecule has 106 valence electrons. The topological polar surface area (TPSA) is 35.0 Å². The van der Waals surface area contributed by atoms with Gasteiger partial charge in [0.1, 0.15) is 6.61 Å². The first kappa shape index (κ1) is 14.6. The molecule has 2 rings (SSSR count). The lowest BCUT2D eigenvalue weighted by atomic mass is 10.2. The number of hydrogen-bond donors (Lipinski definition) is 0. The fourth-order valence-electron chi connectivity index (χ4n) is 1.48. The Kier molecular flexibility index (Phi) is 4.13. The van der Waals surface area contributed by atoms with Gasteiger partial charge in [-0.2, -0.15) is 18.2 Å². The molecule has 0 unspecified atom stereocenters. The molecule has 0 aliphatic rings. The van der Waals surface area contributed by atoms with E-state index in [-0.39, 0.29) is 18.3 Å². The van der Waals surface area contributed by atoms with Crippen molar-refractivity contribution in [1.82, 2.24) is 9.97 Å². The Bertz CT molecular complexity index is 600. The van der Waals surface area contributed by atoms with E-state index in [0.717, 1.165) is 11.6 Å². The standard InChI is InChI=1S/C13H10ClF3N2O/c1-8-6-11(13(15,16)17)19-12(18-8)20-7-9-2-4-10(14)5-3-9/h2-6H,7H2,1H3. The SMILES string of the molecule is Cc1cc(C(F)(F)F)nc(OCc2ccc(Cl)cc2)n1. The van der Waals surface area contributed by atoms with Crippen molar-refractivity contribution in [3.63, 3.8) is 0 Å². The van der Waals surface area contributed by atoms with Crippen LogP contribution < -0.4 is 4.74 Å². The van der Waals surface area contributed by atoms with E-state index in [9.17, 15) is 13.2 Å². The van der Waals surface area contributed by atoms with Crippen LogP contribution in [0.5, 0.6) is 6.01 Å². The first-order valence-corrected chi connectivity index (χ1v) is 6.02. The maximum Gasteiger partial charge on any atom is 0.433 e. The molecular weight excluding hydrogens is 293 g/mol. The van der Waals surface area contributed by atoms with E-state index in [1.165, 1.54) is 6.92 Å². The van der Waals surface area contributed by atoms with Gasteiger partial charge in [0.25, 0.3) is 0 Å². The van der Waals surface area contributed by atoms with Crippen LogP contribution in [0.3, 0.4) is 0 Å². The molecule has 0 saturated carbocycles. The van der Waals surface area contributed by atoms with Crippen LogP contribution in [-0.4, -0.2) is 9.97 Å². The summed E-state index contributed by atoms with van der Waals surface area (Å²) >= 11 is 5.73. The van der Waals surface area contributed by atoms with Gasteiger partial charge in [-0.25, -0.2) is 4.98 Å². The lowest BCUT2D eigenvalue weighted by molar-refractivity contribution is -0.141. The molecule has 0 aliphatic carbocycles. The molecule has 1 aromatic carbocycles. The number of halogens is 4. The third-order valence-corrected chi connectivity index (χ3v) is 2.66. The van der Waals surface area contributed by atoms with E-state index >= 15 is 0 Å².